The minimum atomic E-state index is -0.968. The second kappa shape index (κ2) is 9.10. The van der Waals surface area contributed by atoms with Crippen LogP contribution < -0.4 is 15.5 Å². The zero-order valence-corrected chi connectivity index (χ0v) is 17.8. The van der Waals surface area contributed by atoms with Crippen molar-refractivity contribution >= 4 is 52.3 Å². The van der Waals surface area contributed by atoms with Crippen LogP contribution in [0, 0.1) is 0 Å². The highest BCUT2D eigenvalue weighted by Crippen LogP contribution is 2.21. The fourth-order valence-corrected chi connectivity index (χ4v) is 3.28. The Hall–Kier alpha value is -3.17. The highest BCUT2D eigenvalue weighted by atomic mass is 35.5. The molecule has 0 radical (unpaired) electrons. The van der Waals surface area contributed by atoms with Gasteiger partial charge in [0.05, 0.1) is 13.5 Å². The first-order valence-electron chi connectivity index (χ1n) is 8.91. The number of ether oxygens (including phenoxy) is 1. The van der Waals surface area contributed by atoms with E-state index >= 15 is 0 Å². The predicted molar refractivity (Wildman–Crippen MR) is 116 cm³/mol. The Morgan fingerprint density at radius 2 is 1.90 bits per heavy atom. The predicted octanol–water partition coefficient (Wildman–Crippen LogP) is 2.45. The number of halogens is 1. The molecule has 3 rings (SSSR count). The van der Waals surface area contributed by atoms with E-state index in [9.17, 15) is 14.4 Å². The number of likely N-dealkylation sites (N-methyl/N-ethyl adjacent to an activating group) is 1. The van der Waals surface area contributed by atoms with Crippen molar-refractivity contribution in [3.05, 3.63) is 59.1 Å². The van der Waals surface area contributed by atoms with Gasteiger partial charge in [-0.1, -0.05) is 17.7 Å². The van der Waals surface area contributed by atoms with Gasteiger partial charge in [-0.2, -0.15) is 0 Å². The Kier molecular flexibility index (Phi) is 6.53. The van der Waals surface area contributed by atoms with Crippen LogP contribution in [0.2, 0.25) is 5.02 Å². The number of anilines is 1. The number of carbonyl (C=O) groups excluding carboxylic acids is 3. The second-order valence-corrected chi connectivity index (χ2v) is 7.30. The first kappa shape index (κ1) is 21.5. The molecule has 0 aliphatic carbocycles. The number of rotatable bonds is 6. The Bertz CT molecular complexity index is 999. The largest absolute Gasteiger partial charge is 0.497 e. The molecule has 1 fully saturated rings. The van der Waals surface area contributed by atoms with Crippen molar-refractivity contribution < 1.29 is 19.1 Å². The van der Waals surface area contributed by atoms with Crippen molar-refractivity contribution in [3.63, 3.8) is 0 Å². The lowest BCUT2D eigenvalue weighted by atomic mass is 10.2. The lowest BCUT2D eigenvalue weighted by Gasteiger charge is -2.24. The monoisotopic (exact) mass is 446 g/mol. The van der Waals surface area contributed by atoms with Gasteiger partial charge < -0.3 is 10.1 Å². The van der Waals surface area contributed by atoms with Gasteiger partial charge in [0, 0.05) is 29.4 Å². The number of hydrazine groups is 1. The molecule has 1 aliphatic rings. The van der Waals surface area contributed by atoms with E-state index in [0.29, 0.717) is 22.0 Å². The molecular formula is C20H19ClN4O4S. The van der Waals surface area contributed by atoms with Gasteiger partial charge >= 0.3 is 0 Å². The molecule has 0 saturated carbocycles. The maximum Gasteiger partial charge on any atom is 0.269 e. The third kappa shape index (κ3) is 4.69. The number of amides is 3. The number of nitrogens with one attached hydrogen (secondary N) is 2. The second-order valence-electron chi connectivity index (χ2n) is 6.50. The minimum Gasteiger partial charge on any atom is -0.497 e. The number of hydrogen-bond donors (Lipinski definition) is 2. The molecule has 8 nitrogen and oxygen atoms in total. The number of thiocarbonyl (C=S) groups is 1. The zero-order chi connectivity index (χ0) is 21.8. The van der Waals surface area contributed by atoms with Gasteiger partial charge in [-0.15, -0.1) is 0 Å². The molecule has 2 aromatic rings. The van der Waals surface area contributed by atoms with Crippen LogP contribution in [0.5, 0.6) is 5.75 Å². The average molecular weight is 447 g/mol. The number of nitrogens with zero attached hydrogens (tertiary/aromatic N) is 2. The summed E-state index contributed by atoms with van der Waals surface area (Å²) in [6.45, 7) is 0. The first-order valence-corrected chi connectivity index (χ1v) is 9.70. The number of methoxy groups -OCH3 is 1. The third-order valence-corrected chi connectivity index (χ3v) is 5.20. The smallest absolute Gasteiger partial charge is 0.269 e. The number of hydrogen-bond acceptors (Lipinski definition) is 5. The van der Waals surface area contributed by atoms with Crippen molar-refractivity contribution in [3.8, 4) is 5.75 Å². The molecule has 1 atom stereocenters. The van der Waals surface area contributed by atoms with Crippen LogP contribution in [-0.2, 0) is 9.59 Å². The van der Waals surface area contributed by atoms with Crippen molar-refractivity contribution in [1.29, 1.82) is 0 Å². The van der Waals surface area contributed by atoms with E-state index in [0.717, 1.165) is 0 Å². The lowest BCUT2D eigenvalue weighted by molar-refractivity contribution is -0.130. The van der Waals surface area contributed by atoms with Crippen LogP contribution in [0.3, 0.4) is 0 Å². The van der Waals surface area contributed by atoms with Crippen molar-refractivity contribution in [2.24, 2.45) is 0 Å². The summed E-state index contributed by atoms with van der Waals surface area (Å²) in [5, 5.41) is 4.54. The number of benzene rings is 2. The van der Waals surface area contributed by atoms with E-state index in [1.807, 2.05) is 0 Å². The summed E-state index contributed by atoms with van der Waals surface area (Å²) >= 11 is 11.1. The molecule has 0 bridgehead atoms. The fourth-order valence-electron chi connectivity index (χ4n) is 2.89. The summed E-state index contributed by atoms with van der Waals surface area (Å²) in [6.07, 6.45) is -0.207. The molecule has 0 spiro atoms. The van der Waals surface area contributed by atoms with Gasteiger partial charge in [-0.25, -0.2) is 5.01 Å². The van der Waals surface area contributed by atoms with Gasteiger partial charge in [0.25, 0.3) is 11.8 Å². The van der Waals surface area contributed by atoms with Gasteiger partial charge in [-0.05, 0) is 48.6 Å². The molecule has 3 amide bonds. The van der Waals surface area contributed by atoms with E-state index in [1.54, 1.807) is 48.5 Å². The Morgan fingerprint density at radius 3 is 2.57 bits per heavy atom. The Balaban J connectivity index is 1.72. The molecule has 1 aliphatic heterocycles. The molecule has 0 aromatic heterocycles. The van der Waals surface area contributed by atoms with Crippen molar-refractivity contribution in [2.45, 2.75) is 12.5 Å². The van der Waals surface area contributed by atoms with Gasteiger partial charge in [0.1, 0.15) is 11.8 Å². The van der Waals surface area contributed by atoms with Gasteiger partial charge in [-0.3, -0.25) is 24.7 Å². The summed E-state index contributed by atoms with van der Waals surface area (Å²) in [7, 11) is 3.02. The summed E-state index contributed by atoms with van der Waals surface area (Å²) in [6, 6.07) is 12.1. The van der Waals surface area contributed by atoms with Crippen molar-refractivity contribution in [1.82, 2.24) is 15.3 Å². The molecule has 30 heavy (non-hydrogen) atoms. The highest BCUT2D eigenvalue weighted by molar-refractivity contribution is 7.80. The minimum absolute atomic E-state index is 0.0986. The number of carbonyl (C=O) groups is 3. The maximum atomic E-state index is 12.6. The molecule has 1 heterocycles. The van der Waals surface area contributed by atoms with Gasteiger partial charge in [0.2, 0.25) is 5.91 Å². The summed E-state index contributed by atoms with van der Waals surface area (Å²) in [4.78, 5) is 38.9. The van der Waals surface area contributed by atoms with E-state index in [-0.39, 0.29) is 11.5 Å². The van der Waals surface area contributed by atoms with Crippen LogP contribution >= 0.6 is 23.8 Å². The van der Waals surface area contributed by atoms with Crippen LogP contribution in [0.25, 0.3) is 0 Å². The fraction of sp³-hybridized carbons (Fsp3) is 0.200. The topological polar surface area (TPSA) is 91.0 Å². The Morgan fingerprint density at radius 1 is 1.20 bits per heavy atom. The Labute approximate surface area is 183 Å². The molecule has 2 N–H and O–H groups in total. The van der Waals surface area contributed by atoms with Crippen LogP contribution in [0.15, 0.2) is 48.5 Å². The van der Waals surface area contributed by atoms with Gasteiger partial charge in [0.15, 0.2) is 5.11 Å². The normalized spacial score (nSPS) is 15.9. The molecule has 1 saturated heterocycles. The van der Waals surface area contributed by atoms with Crippen LogP contribution in [0.4, 0.5) is 5.69 Å². The molecule has 2 aromatic carbocycles. The quantitative estimate of drug-likeness (QED) is 0.662. The standard InChI is InChI=1S/C20H19ClN4O4S/c1-24-19(28)16(11-17(26)22-14-4-3-5-15(10-14)29-2)25(20(24)30)23-18(27)12-6-8-13(21)9-7-12/h3-10,16H,11H2,1-2H3,(H,22,26)(H,23,27). The first-order chi connectivity index (χ1) is 14.3. The highest BCUT2D eigenvalue weighted by Gasteiger charge is 2.42. The van der Waals surface area contributed by atoms with E-state index < -0.39 is 23.8 Å². The maximum absolute atomic E-state index is 12.6. The summed E-state index contributed by atoms with van der Waals surface area (Å²) in [5.74, 6) is -0.694. The van der Waals surface area contributed by atoms with E-state index in [4.69, 9.17) is 28.6 Å². The van der Waals surface area contributed by atoms with Crippen molar-refractivity contribution in [2.75, 3.05) is 19.5 Å². The average Bonchev–Trinajstić information content (AvgIpc) is 2.92. The van der Waals surface area contributed by atoms with Crippen LogP contribution in [-0.4, -0.2) is 52.9 Å². The summed E-state index contributed by atoms with van der Waals surface area (Å²) in [5.41, 5.74) is 3.47. The lowest BCUT2D eigenvalue weighted by Crippen LogP contribution is -2.49. The van der Waals surface area contributed by atoms with E-state index in [2.05, 4.69) is 10.7 Å². The van der Waals surface area contributed by atoms with Crippen LogP contribution in [0.1, 0.15) is 16.8 Å². The zero-order valence-electron chi connectivity index (χ0n) is 16.2. The summed E-state index contributed by atoms with van der Waals surface area (Å²) < 4.78 is 5.13. The molecule has 156 valence electrons. The molecule has 10 heteroatoms. The molecular weight excluding hydrogens is 428 g/mol. The third-order valence-electron chi connectivity index (χ3n) is 4.48. The SMILES string of the molecule is COc1cccc(NC(=O)CC2C(=O)N(C)C(=S)N2NC(=O)c2ccc(Cl)cc2)c1. The molecule has 1 unspecified atom stereocenters. The van der Waals surface area contributed by atoms with E-state index in [1.165, 1.54) is 24.1 Å².